The van der Waals surface area contributed by atoms with Crippen LogP contribution in [0.4, 0.5) is 13.2 Å². The maximum absolute atomic E-state index is 12.9. The van der Waals surface area contributed by atoms with Gasteiger partial charge in [0.2, 0.25) is 5.91 Å². The minimum atomic E-state index is -4.17. The predicted molar refractivity (Wildman–Crippen MR) is 109 cm³/mol. The van der Waals surface area contributed by atoms with Crippen molar-refractivity contribution in [3.8, 4) is 0 Å². The first-order chi connectivity index (χ1) is 14.2. The Morgan fingerprint density at radius 2 is 2.07 bits per heavy atom. The van der Waals surface area contributed by atoms with Crippen molar-refractivity contribution in [1.82, 2.24) is 15.6 Å². The number of para-hydroxylation sites is 1. The SMILES string of the molecule is CNC(=O)CC(C)NC(=O)c1cnc2c(C3=CCC(C(F)(F)F)CC3)cccc2c1. The quantitative estimate of drug-likeness (QED) is 0.762. The first-order valence-corrected chi connectivity index (χ1v) is 9.85. The molecule has 2 atom stereocenters. The maximum atomic E-state index is 12.9. The molecule has 0 aliphatic heterocycles. The summed E-state index contributed by atoms with van der Waals surface area (Å²) in [6, 6.07) is 6.84. The van der Waals surface area contributed by atoms with E-state index in [0.29, 0.717) is 17.5 Å². The van der Waals surface area contributed by atoms with Gasteiger partial charge in [0.15, 0.2) is 0 Å². The summed E-state index contributed by atoms with van der Waals surface area (Å²) >= 11 is 0. The van der Waals surface area contributed by atoms with Gasteiger partial charge in [0.05, 0.1) is 17.0 Å². The highest BCUT2D eigenvalue weighted by Crippen LogP contribution is 2.40. The van der Waals surface area contributed by atoms with Crippen LogP contribution >= 0.6 is 0 Å². The molecule has 5 nitrogen and oxygen atoms in total. The van der Waals surface area contributed by atoms with Crippen LogP contribution in [0.1, 0.15) is 48.5 Å². The number of alkyl halides is 3. The smallest absolute Gasteiger partial charge is 0.359 e. The highest BCUT2D eigenvalue weighted by atomic mass is 19.4. The number of rotatable bonds is 5. The van der Waals surface area contributed by atoms with Crippen molar-refractivity contribution in [2.45, 2.75) is 44.8 Å². The van der Waals surface area contributed by atoms with Gasteiger partial charge in [-0.05, 0) is 37.8 Å². The molecule has 2 amide bonds. The number of halogens is 3. The van der Waals surface area contributed by atoms with Crippen LogP contribution in [0, 0.1) is 5.92 Å². The van der Waals surface area contributed by atoms with Crippen LogP contribution in [0.3, 0.4) is 0 Å². The highest BCUT2D eigenvalue weighted by molar-refractivity contribution is 5.99. The molecule has 160 valence electrons. The lowest BCUT2D eigenvalue weighted by atomic mass is 9.85. The normalized spacial score (nSPS) is 17.9. The number of nitrogens with zero attached hydrogens (tertiary/aromatic N) is 1. The number of hydrogen-bond acceptors (Lipinski definition) is 3. The fraction of sp³-hybridized carbons (Fsp3) is 0.409. The van der Waals surface area contributed by atoms with E-state index in [1.165, 1.54) is 13.2 Å². The summed E-state index contributed by atoms with van der Waals surface area (Å²) in [5, 5.41) is 6.01. The Kier molecular flexibility index (Phi) is 6.43. The van der Waals surface area contributed by atoms with Gasteiger partial charge in [0.25, 0.3) is 5.91 Å². The van der Waals surface area contributed by atoms with Crippen LogP contribution in [0.5, 0.6) is 0 Å². The largest absolute Gasteiger partial charge is 0.392 e. The molecule has 1 aromatic carbocycles. The minimum Gasteiger partial charge on any atom is -0.359 e. The molecule has 1 aliphatic carbocycles. The average Bonchev–Trinajstić information content (AvgIpc) is 2.72. The van der Waals surface area contributed by atoms with Crippen LogP contribution in [-0.2, 0) is 4.79 Å². The van der Waals surface area contributed by atoms with Crippen molar-refractivity contribution in [1.29, 1.82) is 0 Å². The number of benzene rings is 1. The number of pyridine rings is 1. The van der Waals surface area contributed by atoms with Gasteiger partial charge in [-0.25, -0.2) is 0 Å². The maximum Gasteiger partial charge on any atom is 0.392 e. The van der Waals surface area contributed by atoms with Crippen molar-refractivity contribution in [2.24, 2.45) is 5.92 Å². The zero-order valence-electron chi connectivity index (χ0n) is 16.8. The molecule has 2 aromatic rings. The molecule has 2 N–H and O–H groups in total. The molecule has 3 rings (SSSR count). The number of hydrogen-bond donors (Lipinski definition) is 2. The molecule has 8 heteroatoms. The summed E-state index contributed by atoms with van der Waals surface area (Å²) in [4.78, 5) is 28.3. The predicted octanol–water partition coefficient (Wildman–Crippen LogP) is 4.24. The number of allylic oxidation sites excluding steroid dienone is 2. The second-order valence-corrected chi connectivity index (χ2v) is 7.60. The molecule has 0 saturated carbocycles. The van der Waals surface area contributed by atoms with Crippen molar-refractivity contribution >= 4 is 28.3 Å². The lowest BCUT2D eigenvalue weighted by molar-refractivity contribution is -0.175. The minimum absolute atomic E-state index is 0.0288. The van der Waals surface area contributed by atoms with E-state index in [4.69, 9.17) is 0 Å². The van der Waals surface area contributed by atoms with Crippen molar-refractivity contribution < 1.29 is 22.8 Å². The van der Waals surface area contributed by atoms with E-state index in [2.05, 4.69) is 15.6 Å². The Balaban J connectivity index is 1.80. The van der Waals surface area contributed by atoms with Gasteiger partial charge in [0.1, 0.15) is 0 Å². The van der Waals surface area contributed by atoms with Gasteiger partial charge in [-0.2, -0.15) is 13.2 Å². The van der Waals surface area contributed by atoms with Crippen LogP contribution in [-0.4, -0.2) is 36.1 Å². The van der Waals surface area contributed by atoms with Crippen LogP contribution in [0.25, 0.3) is 16.5 Å². The Morgan fingerprint density at radius 3 is 2.70 bits per heavy atom. The van der Waals surface area contributed by atoms with Crippen LogP contribution in [0.15, 0.2) is 36.5 Å². The topological polar surface area (TPSA) is 71.1 Å². The lowest BCUT2D eigenvalue weighted by Gasteiger charge is -2.24. The molecule has 1 heterocycles. The molecule has 0 spiro atoms. The van der Waals surface area contributed by atoms with Crippen molar-refractivity contribution in [3.63, 3.8) is 0 Å². The van der Waals surface area contributed by atoms with Gasteiger partial charge >= 0.3 is 6.18 Å². The van der Waals surface area contributed by atoms with Gasteiger partial charge in [0, 0.05) is 36.7 Å². The van der Waals surface area contributed by atoms with E-state index >= 15 is 0 Å². The van der Waals surface area contributed by atoms with E-state index < -0.39 is 12.1 Å². The second kappa shape index (κ2) is 8.85. The highest BCUT2D eigenvalue weighted by Gasteiger charge is 2.39. The van der Waals surface area contributed by atoms with Gasteiger partial charge in [-0.15, -0.1) is 0 Å². The molecular formula is C22H24F3N3O2. The summed E-state index contributed by atoms with van der Waals surface area (Å²) in [5.41, 5.74) is 2.67. The van der Waals surface area contributed by atoms with E-state index in [0.717, 1.165) is 16.5 Å². The monoisotopic (exact) mass is 419 g/mol. The number of aromatic nitrogens is 1. The zero-order valence-corrected chi connectivity index (χ0v) is 16.8. The van der Waals surface area contributed by atoms with E-state index in [9.17, 15) is 22.8 Å². The first-order valence-electron chi connectivity index (χ1n) is 9.85. The number of carbonyl (C=O) groups is 2. The standard InChI is InChI=1S/C22H24F3N3O2/c1-13(10-19(29)26-2)28-21(30)16-11-15-4-3-5-18(20(15)27-12-16)14-6-8-17(9-7-14)22(23,24)25/h3-6,11-13,17H,7-10H2,1-2H3,(H,26,29)(H,28,30). The number of fused-ring (bicyclic) bond motifs is 1. The summed E-state index contributed by atoms with van der Waals surface area (Å²) < 4.78 is 38.8. The third-order valence-corrected chi connectivity index (χ3v) is 5.34. The molecule has 0 bridgehead atoms. The molecule has 30 heavy (non-hydrogen) atoms. The second-order valence-electron chi connectivity index (χ2n) is 7.60. The summed E-state index contributed by atoms with van der Waals surface area (Å²) in [5.74, 6) is -1.80. The number of carbonyl (C=O) groups excluding carboxylic acids is 2. The average molecular weight is 419 g/mol. The third-order valence-electron chi connectivity index (χ3n) is 5.34. The van der Waals surface area contributed by atoms with E-state index in [1.807, 2.05) is 18.2 Å². The van der Waals surface area contributed by atoms with Gasteiger partial charge in [-0.3, -0.25) is 14.6 Å². The van der Waals surface area contributed by atoms with E-state index in [-0.39, 0.29) is 37.1 Å². The fourth-order valence-corrected chi connectivity index (χ4v) is 3.66. The van der Waals surface area contributed by atoms with Crippen molar-refractivity contribution in [3.05, 3.63) is 47.7 Å². The van der Waals surface area contributed by atoms with Gasteiger partial charge in [-0.1, -0.05) is 24.3 Å². The molecule has 1 aliphatic rings. The zero-order chi connectivity index (χ0) is 21.9. The summed E-state index contributed by atoms with van der Waals surface area (Å²) in [7, 11) is 1.53. The molecule has 0 fully saturated rings. The van der Waals surface area contributed by atoms with Crippen LogP contribution < -0.4 is 10.6 Å². The summed E-state index contributed by atoms with van der Waals surface area (Å²) in [6.07, 6.45) is -0.524. The van der Waals surface area contributed by atoms with E-state index in [1.54, 1.807) is 19.1 Å². The molecular weight excluding hydrogens is 395 g/mol. The lowest BCUT2D eigenvalue weighted by Crippen LogP contribution is -2.36. The Bertz CT molecular complexity index is 985. The molecule has 2 unspecified atom stereocenters. The molecule has 0 saturated heterocycles. The number of amides is 2. The summed E-state index contributed by atoms with van der Waals surface area (Å²) in [6.45, 7) is 1.74. The van der Waals surface area contributed by atoms with Gasteiger partial charge < -0.3 is 10.6 Å². The molecule has 1 aromatic heterocycles. The Labute approximate surface area is 172 Å². The van der Waals surface area contributed by atoms with Crippen molar-refractivity contribution in [2.75, 3.05) is 7.05 Å². The molecule has 0 radical (unpaired) electrons. The third kappa shape index (κ3) is 4.98. The Morgan fingerprint density at radius 1 is 1.30 bits per heavy atom. The first kappa shape index (κ1) is 21.8. The number of nitrogens with one attached hydrogen (secondary N) is 2. The van der Waals surface area contributed by atoms with Crippen LogP contribution in [0.2, 0.25) is 0 Å². The fourth-order valence-electron chi connectivity index (χ4n) is 3.66. The Hall–Kier alpha value is -2.90.